The SMILES string of the molecule is CN1C=C(CCCC#Cc2ccc(C(F)(F)F)cc2)CCC1=O. The number of rotatable bonds is 3. The zero-order chi connectivity index (χ0) is 16.9. The second-order valence-electron chi connectivity index (χ2n) is 5.52. The number of benzene rings is 1. The van der Waals surface area contributed by atoms with Gasteiger partial charge in [0.25, 0.3) is 0 Å². The van der Waals surface area contributed by atoms with Crippen molar-refractivity contribution in [1.29, 1.82) is 0 Å². The summed E-state index contributed by atoms with van der Waals surface area (Å²) in [6.45, 7) is 0. The Morgan fingerprint density at radius 3 is 2.48 bits per heavy atom. The van der Waals surface area contributed by atoms with Gasteiger partial charge in [0.15, 0.2) is 0 Å². The molecule has 2 nitrogen and oxygen atoms in total. The quantitative estimate of drug-likeness (QED) is 0.598. The summed E-state index contributed by atoms with van der Waals surface area (Å²) >= 11 is 0. The lowest BCUT2D eigenvalue weighted by atomic mass is 10.0. The van der Waals surface area contributed by atoms with E-state index in [2.05, 4.69) is 11.8 Å². The highest BCUT2D eigenvalue weighted by molar-refractivity contribution is 5.78. The fourth-order valence-corrected chi connectivity index (χ4v) is 2.35. The van der Waals surface area contributed by atoms with E-state index in [-0.39, 0.29) is 5.91 Å². The van der Waals surface area contributed by atoms with E-state index < -0.39 is 11.7 Å². The minimum atomic E-state index is -4.31. The molecule has 23 heavy (non-hydrogen) atoms. The summed E-state index contributed by atoms with van der Waals surface area (Å²) in [6, 6.07) is 4.87. The minimum absolute atomic E-state index is 0.135. The van der Waals surface area contributed by atoms with Crippen LogP contribution in [0.3, 0.4) is 0 Å². The molecule has 0 aliphatic carbocycles. The van der Waals surface area contributed by atoms with Gasteiger partial charge >= 0.3 is 6.18 Å². The highest BCUT2D eigenvalue weighted by atomic mass is 19.4. The van der Waals surface area contributed by atoms with Crippen molar-refractivity contribution in [2.75, 3.05) is 7.05 Å². The maximum atomic E-state index is 12.4. The van der Waals surface area contributed by atoms with Crippen LogP contribution in [0.4, 0.5) is 13.2 Å². The molecule has 0 N–H and O–H groups in total. The summed E-state index contributed by atoms with van der Waals surface area (Å²) in [4.78, 5) is 13.0. The number of unbranched alkanes of at least 4 members (excludes halogenated alkanes) is 1. The van der Waals surface area contributed by atoms with Crippen LogP contribution in [0.2, 0.25) is 0 Å². The van der Waals surface area contributed by atoms with Gasteiger partial charge in [0.2, 0.25) is 5.91 Å². The standard InChI is InChI=1S/C18H18F3NO/c1-22-13-15(9-12-17(22)23)6-4-2-3-5-14-7-10-16(11-8-14)18(19,20)21/h7-8,10-11,13H,2,4,6,9,12H2,1H3. The second kappa shape index (κ2) is 7.36. The molecule has 122 valence electrons. The number of allylic oxidation sites excluding steroid dienone is 1. The smallest absolute Gasteiger partial charge is 0.322 e. The van der Waals surface area contributed by atoms with E-state index >= 15 is 0 Å². The zero-order valence-electron chi connectivity index (χ0n) is 12.9. The molecule has 0 fully saturated rings. The first-order valence-corrected chi connectivity index (χ1v) is 7.47. The normalized spacial score (nSPS) is 15.0. The van der Waals surface area contributed by atoms with Gasteiger partial charge < -0.3 is 4.90 Å². The summed E-state index contributed by atoms with van der Waals surface area (Å²) in [5.74, 6) is 5.99. The van der Waals surface area contributed by atoms with Gasteiger partial charge in [-0.25, -0.2) is 0 Å². The first kappa shape index (κ1) is 17.1. The van der Waals surface area contributed by atoms with Gasteiger partial charge in [-0.05, 0) is 43.5 Å². The molecule has 0 saturated carbocycles. The Morgan fingerprint density at radius 1 is 1.17 bits per heavy atom. The average molecular weight is 321 g/mol. The van der Waals surface area contributed by atoms with Crippen LogP contribution in [-0.4, -0.2) is 17.9 Å². The maximum Gasteiger partial charge on any atom is 0.416 e. The Labute approximate surface area is 134 Å². The Balaban J connectivity index is 1.80. The lowest BCUT2D eigenvalue weighted by Crippen LogP contribution is -2.24. The van der Waals surface area contributed by atoms with Crippen molar-refractivity contribution in [3.05, 3.63) is 47.2 Å². The fourth-order valence-electron chi connectivity index (χ4n) is 2.35. The summed E-state index contributed by atoms with van der Waals surface area (Å²) < 4.78 is 37.3. The Kier molecular flexibility index (Phi) is 5.49. The van der Waals surface area contributed by atoms with Gasteiger partial charge in [-0.3, -0.25) is 4.79 Å². The van der Waals surface area contributed by atoms with Crippen LogP contribution in [-0.2, 0) is 11.0 Å². The van der Waals surface area contributed by atoms with Crippen LogP contribution in [0, 0.1) is 11.8 Å². The third-order valence-electron chi connectivity index (χ3n) is 3.67. The number of halogens is 3. The molecule has 0 bridgehead atoms. The van der Waals surface area contributed by atoms with E-state index in [9.17, 15) is 18.0 Å². The van der Waals surface area contributed by atoms with Crippen molar-refractivity contribution < 1.29 is 18.0 Å². The van der Waals surface area contributed by atoms with Gasteiger partial charge in [-0.2, -0.15) is 13.2 Å². The molecular weight excluding hydrogens is 303 g/mol. The van der Waals surface area contributed by atoms with Crippen molar-refractivity contribution in [2.45, 2.75) is 38.3 Å². The van der Waals surface area contributed by atoms with Crippen molar-refractivity contribution in [3.8, 4) is 11.8 Å². The van der Waals surface area contributed by atoms with E-state index in [4.69, 9.17) is 0 Å². The topological polar surface area (TPSA) is 20.3 Å². The van der Waals surface area contributed by atoms with Crippen molar-refractivity contribution >= 4 is 5.91 Å². The second-order valence-corrected chi connectivity index (χ2v) is 5.52. The molecule has 1 amide bonds. The van der Waals surface area contributed by atoms with E-state index in [1.165, 1.54) is 17.7 Å². The molecule has 1 heterocycles. The molecule has 0 radical (unpaired) electrons. The summed E-state index contributed by atoms with van der Waals surface area (Å²) in [5.41, 5.74) is 1.16. The molecule has 0 spiro atoms. The summed E-state index contributed by atoms with van der Waals surface area (Å²) in [7, 11) is 1.76. The van der Waals surface area contributed by atoms with E-state index in [1.54, 1.807) is 11.9 Å². The first-order chi connectivity index (χ1) is 10.9. The highest BCUT2D eigenvalue weighted by Gasteiger charge is 2.29. The number of hydrogen-bond donors (Lipinski definition) is 0. The van der Waals surface area contributed by atoms with Crippen LogP contribution < -0.4 is 0 Å². The van der Waals surface area contributed by atoms with Crippen LogP contribution >= 0.6 is 0 Å². The van der Waals surface area contributed by atoms with E-state index in [1.807, 2.05) is 6.20 Å². The largest absolute Gasteiger partial charge is 0.416 e. The van der Waals surface area contributed by atoms with Gasteiger partial charge in [0.1, 0.15) is 0 Å². The maximum absolute atomic E-state index is 12.4. The molecule has 0 aromatic heterocycles. The first-order valence-electron chi connectivity index (χ1n) is 7.47. The van der Waals surface area contributed by atoms with Crippen LogP contribution in [0.25, 0.3) is 0 Å². The molecule has 0 unspecified atom stereocenters. The lowest BCUT2D eigenvalue weighted by Gasteiger charge is -2.20. The highest BCUT2D eigenvalue weighted by Crippen LogP contribution is 2.29. The number of alkyl halides is 3. The van der Waals surface area contributed by atoms with Crippen molar-refractivity contribution in [1.82, 2.24) is 4.90 Å². The monoisotopic (exact) mass is 321 g/mol. The molecule has 1 aliphatic rings. The zero-order valence-corrected chi connectivity index (χ0v) is 12.9. The molecule has 0 atom stereocenters. The predicted molar refractivity (Wildman–Crippen MR) is 82.3 cm³/mol. The Morgan fingerprint density at radius 2 is 1.87 bits per heavy atom. The van der Waals surface area contributed by atoms with Crippen LogP contribution in [0.15, 0.2) is 36.0 Å². The number of carbonyl (C=O) groups is 1. The van der Waals surface area contributed by atoms with E-state index in [0.717, 1.165) is 31.4 Å². The molecule has 1 aromatic rings. The van der Waals surface area contributed by atoms with Crippen LogP contribution in [0.5, 0.6) is 0 Å². The number of nitrogens with zero attached hydrogens (tertiary/aromatic N) is 1. The lowest BCUT2D eigenvalue weighted by molar-refractivity contribution is -0.137. The van der Waals surface area contributed by atoms with Crippen molar-refractivity contribution in [2.24, 2.45) is 0 Å². The third kappa shape index (κ3) is 5.17. The minimum Gasteiger partial charge on any atom is -0.322 e. The third-order valence-corrected chi connectivity index (χ3v) is 3.67. The predicted octanol–water partition coefficient (Wildman–Crippen LogP) is 4.36. The Hall–Kier alpha value is -2.22. The molecule has 0 saturated heterocycles. The fraction of sp³-hybridized carbons (Fsp3) is 0.389. The summed E-state index contributed by atoms with van der Waals surface area (Å²) in [6.07, 6.45) is 1.37. The van der Waals surface area contributed by atoms with Gasteiger partial charge in [0.05, 0.1) is 5.56 Å². The van der Waals surface area contributed by atoms with Gasteiger partial charge in [-0.1, -0.05) is 17.4 Å². The molecule has 5 heteroatoms. The molecule has 2 rings (SSSR count). The molecular formula is C18H18F3NO. The van der Waals surface area contributed by atoms with Crippen molar-refractivity contribution in [3.63, 3.8) is 0 Å². The molecule has 1 aromatic carbocycles. The molecule has 1 aliphatic heterocycles. The number of hydrogen-bond acceptors (Lipinski definition) is 1. The average Bonchev–Trinajstić information content (AvgIpc) is 2.50. The summed E-state index contributed by atoms with van der Waals surface area (Å²) in [5, 5.41) is 0. The van der Waals surface area contributed by atoms with E-state index in [0.29, 0.717) is 18.4 Å². The number of carbonyl (C=O) groups excluding carboxylic acids is 1. The van der Waals surface area contributed by atoms with Gasteiger partial charge in [0, 0.05) is 31.7 Å². The number of amides is 1. The van der Waals surface area contributed by atoms with Gasteiger partial charge in [-0.15, -0.1) is 0 Å². The Bertz CT molecular complexity index is 648. The van der Waals surface area contributed by atoms with Crippen LogP contribution in [0.1, 0.15) is 43.2 Å².